The van der Waals surface area contributed by atoms with Crippen LogP contribution in [0.2, 0.25) is 15.1 Å². The van der Waals surface area contributed by atoms with Crippen LogP contribution in [0.1, 0.15) is 29.4 Å². The summed E-state index contributed by atoms with van der Waals surface area (Å²) in [6.07, 6.45) is 3.25. The van der Waals surface area contributed by atoms with Crippen LogP contribution in [-0.4, -0.2) is 26.5 Å². The minimum absolute atomic E-state index is 0.0953. The van der Waals surface area contributed by atoms with Crippen molar-refractivity contribution < 1.29 is 5.11 Å². The van der Waals surface area contributed by atoms with Crippen molar-refractivity contribution in [3.63, 3.8) is 0 Å². The smallest absolute Gasteiger partial charge is 0.226 e. The van der Waals surface area contributed by atoms with Gasteiger partial charge in [0.2, 0.25) is 5.95 Å². The molecule has 28 heavy (non-hydrogen) atoms. The molecule has 0 fully saturated rings. The predicted octanol–water partition coefficient (Wildman–Crippen LogP) is 5.22. The predicted molar refractivity (Wildman–Crippen MR) is 113 cm³/mol. The number of nitrogens with one attached hydrogen (secondary N) is 1. The first kappa shape index (κ1) is 19.3. The maximum Gasteiger partial charge on any atom is 0.226 e. The van der Waals surface area contributed by atoms with E-state index in [2.05, 4.69) is 21.5 Å². The van der Waals surface area contributed by atoms with Gasteiger partial charge in [0, 0.05) is 33.8 Å². The van der Waals surface area contributed by atoms with Gasteiger partial charge in [0.25, 0.3) is 0 Å². The van der Waals surface area contributed by atoms with Crippen molar-refractivity contribution in [2.75, 3.05) is 11.9 Å². The Labute approximate surface area is 177 Å². The molecule has 3 aromatic rings. The molecule has 0 aliphatic carbocycles. The van der Waals surface area contributed by atoms with Gasteiger partial charge >= 0.3 is 0 Å². The average Bonchev–Trinajstić information content (AvgIpc) is 3.09. The van der Waals surface area contributed by atoms with Crippen LogP contribution < -0.4 is 5.32 Å². The average molecular weight is 436 g/mol. The lowest BCUT2D eigenvalue weighted by atomic mass is 10.0. The number of anilines is 1. The number of aromatic nitrogens is 3. The monoisotopic (exact) mass is 434 g/mol. The number of allylic oxidation sites excluding steroid dienone is 1. The number of rotatable bonds is 5. The summed E-state index contributed by atoms with van der Waals surface area (Å²) in [5.74, 6) is 1.29. The Morgan fingerprint density at radius 3 is 2.50 bits per heavy atom. The van der Waals surface area contributed by atoms with Crippen molar-refractivity contribution in [1.82, 2.24) is 14.8 Å². The lowest BCUT2D eigenvalue weighted by Gasteiger charge is -2.25. The Hall–Kier alpha value is -2.05. The molecular weight excluding hydrogens is 419 g/mol. The zero-order valence-electron chi connectivity index (χ0n) is 14.7. The standard InChI is InChI=1S/C20H17Cl3N4O/c21-13-5-3-12(4-6-13)17-11-18(15-8-7-14(22)10-16(15)23)27-20(24-17)25-19(26-27)2-1-9-28/h3-8,10-11,18,28H,1-2,9H2,(H,24,25,26). The molecule has 0 bridgehead atoms. The normalized spacial score (nSPS) is 15.7. The minimum atomic E-state index is -0.248. The first-order chi connectivity index (χ1) is 13.5. The van der Waals surface area contributed by atoms with Gasteiger partial charge in [0.05, 0.1) is 0 Å². The van der Waals surface area contributed by atoms with Crippen LogP contribution in [0.5, 0.6) is 0 Å². The van der Waals surface area contributed by atoms with Crippen molar-refractivity contribution in [1.29, 1.82) is 0 Å². The van der Waals surface area contributed by atoms with E-state index in [1.165, 1.54) is 0 Å². The molecule has 0 saturated heterocycles. The van der Waals surface area contributed by atoms with E-state index in [4.69, 9.17) is 39.9 Å². The number of aliphatic hydroxyl groups excluding tert-OH is 1. The molecule has 1 aliphatic heterocycles. The van der Waals surface area contributed by atoms with E-state index in [1.807, 2.05) is 36.4 Å². The minimum Gasteiger partial charge on any atom is -0.396 e. The van der Waals surface area contributed by atoms with Crippen LogP contribution in [0, 0.1) is 0 Å². The van der Waals surface area contributed by atoms with Crippen LogP contribution in [0.3, 0.4) is 0 Å². The van der Waals surface area contributed by atoms with Gasteiger partial charge in [-0.25, -0.2) is 4.68 Å². The van der Waals surface area contributed by atoms with E-state index < -0.39 is 0 Å². The second kappa shape index (κ2) is 8.13. The fraction of sp³-hybridized carbons (Fsp3) is 0.200. The molecule has 0 saturated carbocycles. The molecule has 2 N–H and O–H groups in total. The fourth-order valence-electron chi connectivity index (χ4n) is 3.14. The molecule has 2 heterocycles. The summed E-state index contributed by atoms with van der Waals surface area (Å²) < 4.78 is 1.81. The van der Waals surface area contributed by atoms with Crippen molar-refractivity contribution in [2.45, 2.75) is 18.9 Å². The summed E-state index contributed by atoms with van der Waals surface area (Å²) in [6.45, 7) is 0.0953. The van der Waals surface area contributed by atoms with Gasteiger partial charge in [0.1, 0.15) is 6.04 Å². The van der Waals surface area contributed by atoms with Crippen molar-refractivity contribution >= 4 is 46.4 Å². The van der Waals surface area contributed by atoms with Gasteiger partial charge in [-0.1, -0.05) is 53.0 Å². The Kier molecular flexibility index (Phi) is 5.60. The largest absolute Gasteiger partial charge is 0.396 e. The van der Waals surface area contributed by atoms with Crippen LogP contribution in [0.15, 0.2) is 48.5 Å². The zero-order valence-corrected chi connectivity index (χ0v) is 17.0. The number of benzene rings is 2. The second-order valence-corrected chi connectivity index (χ2v) is 7.73. The Morgan fingerprint density at radius 1 is 1.04 bits per heavy atom. The molecule has 1 unspecified atom stereocenters. The molecule has 1 atom stereocenters. The Morgan fingerprint density at radius 2 is 1.79 bits per heavy atom. The quantitative estimate of drug-likeness (QED) is 0.577. The summed E-state index contributed by atoms with van der Waals surface area (Å²) in [7, 11) is 0. The fourth-order valence-corrected chi connectivity index (χ4v) is 3.79. The molecule has 5 nitrogen and oxygen atoms in total. The number of aryl methyl sites for hydroxylation is 1. The highest BCUT2D eigenvalue weighted by Crippen LogP contribution is 2.36. The molecule has 144 valence electrons. The summed E-state index contributed by atoms with van der Waals surface area (Å²) in [5.41, 5.74) is 2.74. The highest BCUT2D eigenvalue weighted by molar-refractivity contribution is 6.35. The van der Waals surface area contributed by atoms with Gasteiger partial charge < -0.3 is 10.4 Å². The number of aliphatic hydroxyl groups is 1. The lowest BCUT2D eigenvalue weighted by Crippen LogP contribution is -2.20. The first-order valence-electron chi connectivity index (χ1n) is 8.81. The summed E-state index contributed by atoms with van der Waals surface area (Å²) in [5, 5.41) is 18.9. The van der Waals surface area contributed by atoms with Crippen molar-refractivity contribution in [2.24, 2.45) is 0 Å². The first-order valence-corrected chi connectivity index (χ1v) is 9.94. The third-order valence-electron chi connectivity index (χ3n) is 4.50. The molecular formula is C20H17Cl3N4O. The van der Waals surface area contributed by atoms with Crippen LogP contribution >= 0.6 is 34.8 Å². The second-order valence-electron chi connectivity index (χ2n) is 6.45. The van der Waals surface area contributed by atoms with Crippen molar-refractivity contribution in [3.8, 4) is 0 Å². The molecule has 8 heteroatoms. The molecule has 1 aromatic heterocycles. The SMILES string of the molecule is OCCCc1nc2n(n1)C(c1ccc(Cl)cc1Cl)C=C(c1ccc(Cl)cc1)N2. The molecule has 0 amide bonds. The molecule has 2 aromatic carbocycles. The summed E-state index contributed by atoms with van der Waals surface area (Å²) in [6, 6.07) is 12.8. The van der Waals surface area contributed by atoms with Crippen LogP contribution in [0.25, 0.3) is 5.70 Å². The van der Waals surface area contributed by atoms with Gasteiger partial charge in [-0.3, -0.25) is 0 Å². The summed E-state index contributed by atoms with van der Waals surface area (Å²) in [4.78, 5) is 4.60. The van der Waals surface area contributed by atoms with E-state index in [9.17, 15) is 0 Å². The number of fused-ring (bicyclic) bond motifs is 1. The van der Waals surface area contributed by atoms with E-state index in [-0.39, 0.29) is 12.6 Å². The van der Waals surface area contributed by atoms with Gasteiger partial charge in [-0.05, 0) is 47.9 Å². The lowest BCUT2D eigenvalue weighted by molar-refractivity contribution is 0.287. The van der Waals surface area contributed by atoms with Crippen LogP contribution in [-0.2, 0) is 6.42 Å². The topological polar surface area (TPSA) is 63.0 Å². The maximum absolute atomic E-state index is 9.11. The maximum atomic E-state index is 9.11. The van der Waals surface area contributed by atoms with Gasteiger partial charge in [0.15, 0.2) is 5.82 Å². The van der Waals surface area contributed by atoms with E-state index in [0.717, 1.165) is 16.8 Å². The number of halogens is 3. The number of nitrogens with zero attached hydrogens (tertiary/aromatic N) is 3. The van der Waals surface area contributed by atoms with Crippen molar-refractivity contribution in [3.05, 3.63) is 80.6 Å². The van der Waals surface area contributed by atoms with E-state index >= 15 is 0 Å². The Balaban J connectivity index is 1.80. The number of hydrogen-bond donors (Lipinski definition) is 2. The third-order valence-corrected chi connectivity index (χ3v) is 5.32. The van der Waals surface area contributed by atoms with Gasteiger partial charge in [-0.15, -0.1) is 0 Å². The van der Waals surface area contributed by atoms with Crippen LogP contribution in [0.4, 0.5) is 5.95 Å². The van der Waals surface area contributed by atoms with E-state index in [0.29, 0.717) is 39.7 Å². The zero-order chi connectivity index (χ0) is 19.7. The number of hydrogen-bond acceptors (Lipinski definition) is 4. The highest BCUT2D eigenvalue weighted by Gasteiger charge is 2.26. The van der Waals surface area contributed by atoms with Gasteiger partial charge in [-0.2, -0.15) is 10.1 Å². The third kappa shape index (κ3) is 3.89. The molecule has 0 radical (unpaired) electrons. The molecule has 4 rings (SSSR count). The van der Waals surface area contributed by atoms with E-state index in [1.54, 1.807) is 10.7 Å². The summed E-state index contributed by atoms with van der Waals surface area (Å²) >= 11 is 18.6. The molecule has 0 spiro atoms. The Bertz CT molecular complexity index is 1030. The molecule has 1 aliphatic rings. The highest BCUT2D eigenvalue weighted by atomic mass is 35.5.